The van der Waals surface area contributed by atoms with Crippen LogP contribution in [0.2, 0.25) is 5.02 Å². The van der Waals surface area contributed by atoms with Gasteiger partial charge in [-0.3, -0.25) is 0 Å². The van der Waals surface area contributed by atoms with Gasteiger partial charge in [0, 0.05) is 22.1 Å². The minimum absolute atomic E-state index is 0.669. The molecule has 1 N–H and O–H groups in total. The molecule has 1 aliphatic rings. The lowest BCUT2D eigenvalue weighted by molar-refractivity contribution is 0.285. The maximum atomic E-state index is 6.20. The van der Waals surface area contributed by atoms with E-state index in [0.717, 1.165) is 22.0 Å². The Balaban J connectivity index is 1.83. The van der Waals surface area contributed by atoms with Crippen molar-refractivity contribution >= 4 is 27.5 Å². The first-order valence-corrected chi connectivity index (χ1v) is 8.03. The van der Waals surface area contributed by atoms with Gasteiger partial charge in [0.05, 0.1) is 0 Å². The number of benzene rings is 1. The molecule has 1 saturated carbocycles. The summed E-state index contributed by atoms with van der Waals surface area (Å²) >= 11 is 9.69. The number of rotatable bonds is 4. The second kappa shape index (κ2) is 6.93. The van der Waals surface area contributed by atoms with E-state index in [2.05, 4.69) is 34.2 Å². The summed E-state index contributed by atoms with van der Waals surface area (Å²) in [6.45, 7) is 3.18. The molecule has 0 heterocycles. The van der Waals surface area contributed by atoms with E-state index in [1.165, 1.54) is 37.7 Å². The normalized spacial score (nSPS) is 24.2. The van der Waals surface area contributed by atoms with Gasteiger partial charge >= 0.3 is 0 Å². The minimum Gasteiger partial charge on any atom is -0.310 e. The molecule has 3 heteroatoms. The van der Waals surface area contributed by atoms with Gasteiger partial charge in [-0.25, -0.2) is 0 Å². The van der Waals surface area contributed by atoms with Crippen LogP contribution < -0.4 is 5.32 Å². The van der Waals surface area contributed by atoms with Crippen LogP contribution in [0, 0.1) is 5.92 Å². The maximum absolute atomic E-state index is 6.20. The highest BCUT2D eigenvalue weighted by Gasteiger charge is 2.19. The lowest BCUT2D eigenvalue weighted by Crippen LogP contribution is -2.32. The molecule has 1 fully saturated rings. The fourth-order valence-corrected chi connectivity index (χ4v) is 3.30. The molecule has 18 heavy (non-hydrogen) atoms. The molecule has 1 nitrogen and oxygen atoms in total. The van der Waals surface area contributed by atoms with E-state index in [1.807, 2.05) is 12.1 Å². The Morgan fingerprint density at radius 3 is 2.67 bits per heavy atom. The van der Waals surface area contributed by atoms with Crippen LogP contribution in [0.3, 0.4) is 0 Å². The topological polar surface area (TPSA) is 12.0 Å². The van der Waals surface area contributed by atoms with Crippen LogP contribution in [-0.4, -0.2) is 6.04 Å². The summed E-state index contributed by atoms with van der Waals surface area (Å²) in [4.78, 5) is 0. The van der Waals surface area contributed by atoms with Crippen molar-refractivity contribution in [3.05, 3.63) is 33.3 Å². The highest BCUT2D eigenvalue weighted by atomic mass is 79.9. The average Bonchev–Trinajstić information content (AvgIpc) is 2.40. The molecule has 0 atom stereocenters. The molecule has 0 amide bonds. The van der Waals surface area contributed by atoms with Gasteiger partial charge in [0.15, 0.2) is 0 Å². The molecule has 2 rings (SSSR count). The summed E-state index contributed by atoms with van der Waals surface area (Å²) in [6, 6.07) is 6.71. The zero-order chi connectivity index (χ0) is 13.0. The molecule has 1 aromatic rings. The van der Waals surface area contributed by atoms with Gasteiger partial charge in [-0.15, -0.1) is 0 Å². The van der Waals surface area contributed by atoms with Crippen molar-refractivity contribution in [1.29, 1.82) is 0 Å². The van der Waals surface area contributed by atoms with E-state index in [9.17, 15) is 0 Å². The fraction of sp³-hybridized carbons (Fsp3) is 0.600. The van der Waals surface area contributed by atoms with Crippen molar-refractivity contribution in [2.45, 2.75) is 51.6 Å². The first-order chi connectivity index (χ1) is 8.69. The lowest BCUT2D eigenvalue weighted by atomic mass is 9.84. The molecule has 0 bridgehead atoms. The first-order valence-electron chi connectivity index (χ1n) is 6.86. The Hall–Kier alpha value is -0.0500. The van der Waals surface area contributed by atoms with Crippen LogP contribution in [0.15, 0.2) is 22.7 Å². The van der Waals surface area contributed by atoms with Crippen LogP contribution in [0.1, 0.15) is 44.6 Å². The molecule has 100 valence electrons. The van der Waals surface area contributed by atoms with Crippen LogP contribution in [0.5, 0.6) is 0 Å². The van der Waals surface area contributed by atoms with Crippen molar-refractivity contribution < 1.29 is 0 Å². The number of halogens is 2. The molecule has 0 spiro atoms. The Bertz CT molecular complexity index is 386. The molecule has 0 unspecified atom stereocenters. The number of hydrogen-bond acceptors (Lipinski definition) is 1. The Labute approximate surface area is 123 Å². The molecule has 0 aliphatic heterocycles. The summed E-state index contributed by atoms with van der Waals surface area (Å²) in [5, 5.41) is 4.50. The van der Waals surface area contributed by atoms with Crippen LogP contribution in [0.4, 0.5) is 0 Å². The Morgan fingerprint density at radius 1 is 1.28 bits per heavy atom. The van der Waals surface area contributed by atoms with Crippen molar-refractivity contribution in [3.63, 3.8) is 0 Å². The van der Waals surface area contributed by atoms with E-state index < -0.39 is 0 Å². The standard InChI is InChI=1S/C15H21BrClN/c1-2-11-3-6-14(7-4-11)18-10-12-9-13(16)5-8-15(12)17/h5,8-9,11,14,18H,2-4,6-7,10H2,1H3. The van der Waals surface area contributed by atoms with Crippen molar-refractivity contribution in [3.8, 4) is 0 Å². The first kappa shape index (κ1) is 14.4. The van der Waals surface area contributed by atoms with Gasteiger partial charge in [0.2, 0.25) is 0 Å². The molecule has 0 aromatic heterocycles. The Kier molecular flexibility index (Phi) is 5.53. The van der Waals surface area contributed by atoms with Crippen molar-refractivity contribution in [1.82, 2.24) is 5.32 Å². The van der Waals surface area contributed by atoms with Gasteiger partial charge in [-0.1, -0.05) is 40.9 Å². The van der Waals surface area contributed by atoms with E-state index in [1.54, 1.807) is 0 Å². The zero-order valence-corrected chi connectivity index (χ0v) is 13.2. The van der Waals surface area contributed by atoms with Crippen LogP contribution >= 0.6 is 27.5 Å². The third kappa shape index (κ3) is 3.97. The second-order valence-electron chi connectivity index (χ2n) is 5.24. The molecule has 1 aromatic carbocycles. The minimum atomic E-state index is 0.669. The lowest BCUT2D eigenvalue weighted by Gasteiger charge is -2.28. The fourth-order valence-electron chi connectivity index (χ4n) is 2.71. The highest BCUT2D eigenvalue weighted by molar-refractivity contribution is 9.10. The summed E-state index contributed by atoms with van der Waals surface area (Å²) < 4.78 is 1.10. The van der Waals surface area contributed by atoms with Gasteiger partial charge in [-0.05, 0) is 55.4 Å². The summed E-state index contributed by atoms with van der Waals surface area (Å²) in [5.41, 5.74) is 1.18. The summed E-state index contributed by atoms with van der Waals surface area (Å²) in [7, 11) is 0. The zero-order valence-electron chi connectivity index (χ0n) is 10.9. The SMILES string of the molecule is CCC1CCC(NCc2cc(Br)ccc2Cl)CC1. The third-order valence-corrected chi connectivity index (χ3v) is 4.88. The second-order valence-corrected chi connectivity index (χ2v) is 6.57. The third-order valence-electron chi connectivity index (χ3n) is 4.01. The van der Waals surface area contributed by atoms with Gasteiger partial charge in [-0.2, -0.15) is 0 Å². The van der Waals surface area contributed by atoms with Crippen molar-refractivity contribution in [2.75, 3.05) is 0 Å². The maximum Gasteiger partial charge on any atom is 0.0451 e. The predicted octanol–water partition coefficient (Wildman–Crippen LogP) is 5.16. The molecular formula is C15H21BrClN. The number of hydrogen-bond donors (Lipinski definition) is 1. The highest BCUT2D eigenvalue weighted by Crippen LogP contribution is 2.27. The van der Waals surface area contributed by atoms with Gasteiger partial charge < -0.3 is 5.32 Å². The monoisotopic (exact) mass is 329 g/mol. The molecular weight excluding hydrogens is 310 g/mol. The molecule has 0 saturated heterocycles. The number of nitrogens with one attached hydrogen (secondary N) is 1. The van der Waals surface area contributed by atoms with Gasteiger partial charge in [0.1, 0.15) is 0 Å². The van der Waals surface area contributed by atoms with E-state index in [4.69, 9.17) is 11.6 Å². The van der Waals surface area contributed by atoms with E-state index in [0.29, 0.717) is 6.04 Å². The average molecular weight is 331 g/mol. The molecule has 1 aliphatic carbocycles. The van der Waals surface area contributed by atoms with E-state index >= 15 is 0 Å². The molecule has 0 radical (unpaired) electrons. The largest absolute Gasteiger partial charge is 0.310 e. The smallest absolute Gasteiger partial charge is 0.0451 e. The van der Waals surface area contributed by atoms with Crippen LogP contribution in [0.25, 0.3) is 0 Å². The summed E-state index contributed by atoms with van der Waals surface area (Å²) in [6.07, 6.45) is 6.71. The Morgan fingerprint density at radius 2 is 2.00 bits per heavy atom. The summed E-state index contributed by atoms with van der Waals surface area (Å²) in [5.74, 6) is 0.956. The van der Waals surface area contributed by atoms with Gasteiger partial charge in [0.25, 0.3) is 0 Å². The van der Waals surface area contributed by atoms with E-state index in [-0.39, 0.29) is 0 Å². The predicted molar refractivity (Wildman–Crippen MR) is 82.0 cm³/mol. The van der Waals surface area contributed by atoms with Crippen LogP contribution in [-0.2, 0) is 6.54 Å². The van der Waals surface area contributed by atoms with Crippen molar-refractivity contribution in [2.24, 2.45) is 5.92 Å². The quantitative estimate of drug-likeness (QED) is 0.804.